The molecule has 0 aromatic heterocycles. The Morgan fingerprint density at radius 3 is 2.53 bits per heavy atom. The van der Waals surface area contributed by atoms with Crippen molar-refractivity contribution in [1.29, 1.82) is 0 Å². The molecule has 0 aliphatic heterocycles. The van der Waals surface area contributed by atoms with Crippen molar-refractivity contribution in [2.75, 3.05) is 13.2 Å². The number of carbonyl (C=O) groups is 1. The van der Waals surface area contributed by atoms with Crippen LogP contribution in [0.5, 0.6) is 0 Å². The Morgan fingerprint density at radius 2 is 2.06 bits per heavy atom. The zero-order valence-corrected chi connectivity index (χ0v) is 9.19. The number of nitrogens with one attached hydrogen (secondary N) is 1. The molecule has 0 bridgehead atoms. The van der Waals surface area contributed by atoms with Gasteiger partial charge in [-0.15, -0.1) is 0 Å². The fourth-order valence-corrected chi connectivity index (χ4v) is 1.29. The van der Waals surface area contributed by atoms with Gasteiger partial charge in [0.2, 0.25) is 5.91 Å². The van der Waals surface area contributed by atoms with Gasteiger partial charge in [0, 0.05) is 17.7 Å². The predicted molar refractivity (Wildman–Crippen MR) is 59.7 cm³/mol. The van der Waals surface area contributed by atoms with E-state index in [4.69, 9.17) is 15.9 Å². The fourth-order valence-electron chi connectivity index (χ4n) is 1.29. The summed E-state index contributed by atoms with van der Waals surface area (Å²) in [6.07, 6.45) is 0. The Morgan fingerprint density at radius 1 is 1.41 bits per heavy atom. The molecule has 5 N–H and O–H groups in total. The Balaban J connectivity index is 2.69. The molecule has 0 unspecified atom stereocenters. The van der Waals surface area contributed by atoms with Crippen LogP contribution in [0, 0.1) is 5.82 Å². The maximum Gasteiger partial charge on any atom is 0.248 e. The lowest BCUT2D eigenvalue weighted by atomic mass is 10.1. The van der Waals surface area contributed by atoms with Crippen LogP contribution in [-0.4, -0.2) is 35.4 Å². The number of rotatable bonds is 6. The summed E-state index contributed by atoms with van der Waals surface area (Å²) < 4.78 is 13.5. The van der Waals surface area contributed by atoms with Crippen molar-refractivity contribution < 1.29 is 19.4 Å². The zero-order chi connectivity index (χ0) is 12.8. The number of aliphatic hydroxyl groups excluding tert-OH is 2. The second kappa shape index (κ2) is 6.29. The van der Waals surface area contributed by atoms with Gasteiger partial charge < -0.3 is 21.3 Å². The van der Waals surface area contributed by atoms with Gasteiger partial charge in [-0.25, -0.2) is 4.39 Å². The van der Waals surface area contributed by atoms with Crippen molar-refractivity contribution >= 4 is 5.91 Å². The Kier molecular flexibility index (Phi) is 5.02. The molecule has 17 heavy (non-hydrogen) atoms. The molecule has 0 atom stereocenters. The predicted octanol–water partition coefficient (Wildman–Crippen LogP) is -0.633. The number of hydrogen-bond acceptors (Lipinski definition) is 4. The molecule has 1 aromatic carbocycles. The van der Waals surface area contributed by atoms with Gasteiger partial charge in [0.1, 0.15) is 5.82 Å². The van der Waals surface area contributed by atoms with Gasteiger partial charge in [-0.3, -0.25) is 4.79 Å². The summed E-state index contributed by atoms with van der Waals surface area (Å²) in [5, 5.41) is 20.4. The maximum absolute atomic E-state index is 13.5. The largest absolute Gasteiger partial charge is 0.395 e. The molecule has 0 fully saturated rings. The Bertz CT molecular complexity index is 394. The van der Waals surface area contributed by atoms with Gasteiger partial charge in [-0.2, -0.15) is 0 Å². The SMILES string of the molecule is NC(=O)c1ccc(CNC(CO)CO)c(F)c1. The van der Waals surface area contributed by atoms with Crippen molar-refractivity contribution in [2.45, 2.75) is 12.6 Å². The third kappa shape index (κ3) is 3.77. The van der Waals surface area contributed by atoms with Gasteiger partial charge in [-0.1, -0.05) is 6.07 Å². The quantitative estimate of drug-likeness (QED) is 0.534. The van der Waals surface area contributed by atoms with Crippen LogP contribution in [0.15, 0.2) is 18.2 Å². The molecule has 0 heterocycles. The van der Waals surface area contributed by atoms with Crippen LogP contribution < -0.4 is 11.1 Å². The van der Waals surface area contributed by atoms with Crippen molar-refractivity contribution in [3.63, 3.8) is 0 Å². The lowest BCUT2D eigenvalue weighted by Gasteiger charge is -2.13. The van der Waals surface area contributed by atoms with Crippen molar-refractivity contribution in [3.05, 3.63) is 35.1 Å². The summed E-state index contributed by atoms with van der Waals surface area (Å²) in [5.74, 6) is -1.24. The summed E-state index contributed by atoms with van der Waals surface area (Å²) >= 11 is 0. The highest BCUT2D eigenvalue weighted by Gasteiger charge is 2.09. The molecule has 0 aliphatic carbocycles. The molecule has 1 amide bonds. The van der Waals surface area contributed by atoms with Crippen molar-refractivity contribution in [1.82, 2.24) is 5.32 Å². The van der Waals surface area contributed by atoms with Crippen LogP contribution in [0.1, 0.15) is 15.9 Å². The highest BCUT2D eigenvalue weighted by Crippen LogP contribution is 2.10. The van der Waals surface area contributed by atoms with E-state index < -0.39 is 17.8 Å². The van der Waals surface area contributed by atoms with Crippen LogP contribution in [0.3, 0.4) is 0 Å². The van der Waals surface area contributed by atoms with E-state index in [0.29, 0.717) is 5.56 Å². The smallest absolute Gasteiger partial charge is 0.248 e. The van der Waals surface area contributed by atoms with Crippen LogP contribution in [0.2, 0.25) is 0 Å². The molecule has 0 radical (unpaired) electrons. The van der Waals surface area contributed by atoms with Gasteiger partial charge >= 0.3 is 0 Å². The number of aliphatic hydroxyl groups is 2. The molecular weight excluding hydrogens is 227 g/mol. The van der Waals surface area contributed by atoms with E-state index in [-0.39, 0.29) is 25.3 Å². The van der Waals surface area contributed by atoms with Crippen LogP contribution >= 0.6 is 0 Å². The van der Waals surface area contributed by atoms with E-state index >= 15 is 0 Å². The van der Waals surface area contributed by atoms with Gasteiger partial charge in [0.25, 0.3) is 0 Å². The lowest BCUT2D eigenvalue weighted by molar-refractivity contribution is 0.1000. The minimum Gasteiger partial charge on any atom is -0.395 e. The topological polar surface area (TPSA) is 95.6 Å². The van der Waals surface area contributed by atoms with E-state index in [9.17, 15) is 9.18 Å². The Labute approximate surface area is 98.1 Å². The molecule has 94 valence electrons. The summed E-state index contributed by atoms with van der Waals surface area (Å²) in [5.41, 5.74) is 5.45. The first-order chi connectivity index (χ1) is 8.08. The Hall–Kier alpha value is -1.50. The normalized spacial score (nSPS) is 10.8. The monoisotopic (exact) mass is 242 g/mol. The van der Waals surface area contributed by atoms with Crippen LogP contribution in [0.25, 0.3) is 0 Å². The fraction of sp³-hybridized carbons (Fsp3) is 0.364. The number of nitrogens with two attached hydrogens (primary N) is 1. The average molecular weight is 242 g/mol. The third-order valence-electron chi connectivity index (χ3n) is 2.36. The number of carbonyl (C=O) groups excluding carboxylic acids is 1. The van der Waals surface area contributed by atoms with Crippen molar-refractivity contribution in [3.8, 4) is 0 Å². The zero-order valence-electron chi connectivity index (χ0n) is 9.19. The standard InChI is InChI=1S/C11H15FN2O3/c12-10-3-7(11(13)17)1-2-8(10)4-14-9(5-15)6-16/h1-3,9,14-16H,4-6H2,(H2,13,17). The lowest BCUT2D eigenvalue weighted by Crippen LogP contribution is -2.35. The number of primary amides is 1. The third-order valence-corrected chi connectivity index (χ3v) is 2.36. The molecule has 0 aliphatic rings. The summed E-state index contributed by atoms with van der Waals surface area (Å²) in [7, 11) is 0. The minimum atomic E-state index is -0.688. The summed E-state index contributed by atoms with van der Waals surface area (Å²) in [4.78, 5) is 10.8. The van der Waals surface area contributed by atoms with Crippen LogP contribution in [0.4, 0.5) is 4.39 Å². The molecular formula is C11H15FN2O3. The minimum absolute atomic E-state index is 0.104. The summed E-state index contributed by atoms with van der Waals surface area (Å²) in [6, 6.07) is 3.43. The molecule has 1 rings (SSSR count). The summed E-state index contributed by atoms with van der Waals surface area (Å²) in [6.45, 7) is -0.328. The first-order valence-electron chi connectivity index (χ1n) is 5.11. The van der Waals surface area contributed by atoms with E-state index in [0.717, 1.165) is 6.07 Å². The van der Waals surface area contributed by atoms with E-state index in [2.05, 4.69) is 5.32 Å². The van der Waals surface area contributed by atoms with E-state index in [1.807, 2.05) is 0 Å². The van der Waals surface area contributed by atoms with Gasteiger partial charge in [0.05, 0.1) is 19.3 Å². The first kappa shape index (κ1) is 13.6. The van der Waals surface area contributed by atoms with E-state index in [1.165, 1.54) is 12.1 Å². The molecule has 0 saturated heterocycles. The number of hydrogen-bond donors (Lipinski definition) is 4. The molecule has 0 spiro atoms. The van der Waals surface area contributed by atoms with Gasteiger partial charge in [-0.05, 0) is 12.1 Å². The number of amides is 1. The highest BCUT2D eigenvalue weighted by molar-refractivity contribution is 5.92. The molecule has 6 heteroatoms. The van der Waals surface area contributed by atoms with E-state index in [1.54, 1.807) is 0 Å². The number of benzene rings is 1. The maximum atomic E-state index is 13.5. The van der Waals surface area contributed by atoms with Crippen LogP contribution in [-0.2, 0) is 6.54 Å². The number of halogens is 1. The highest BCUT2D eigenvalue weighted by atomic mass is 19.1. The molecule has 0 saturated carbocycles. The average Bonchev–Trinajstić information content (AvgIpc) is 2.31. The second-order valence-electron chi connectivity index (χ2n) is 3.61. The second-order valence-corrected chi connectivity index (χ2v) is 3.61. The first-order valence-corrected chi connectivity index (χ1v) is 5.11. The van der Waals surface area contributed by atoms with Gasteiger partial charge in [0.15, 0.2) is 0 Å². The molecule has 1 aromatic rings. The van der Waals surface area contributed by atoms with Crippen molar-refractivity contribution in [2.24, 2.45) is 5.73 Å². The molecule has 5 nitrogen and oxygen atoms in total.